The van der Waals surface area contributed by atoms with Gasteiger partial charge in [0.05, 0.1) is 28.4 Å². The smallest absolute Gasteiger partial charge is 0.203 e. The van der Waals surface area contributed by atoms with Gasteiger partial charge in [0, 0.05) is 0 Å². The summed E-state index contributed by atoms with van der Waals surface area (Å²) in [5.74, 6) is 2.62. The maximum atomic E-state index is 10.8. The Hall–Kier alpha value is -2.86. The van der Waals surface area contributed by atoms with Gasteiger partial charge in [-0.2, -0.15) is 0 Å². The molecule has 0 bridgehead atoms. The van der Waals surface area contributed by atoms with E-state index in [0.29, 0.717) is 34.3 Å². The Kier molecular flexibility index (Phi) is 7.58. The van der Waals surface area contributed by atoms with E-state index < -0.39 is 12.2 Å². The zero-order valence-corrected chi connectivity index (χ0v) is 17.2. The molecule has 28 heavy (non-hydrogen) atoms. The van der Waals surface area contributed by atoms with Crippen molar-refractivity contribution in [2.75, 3.05) is 28.4 Å². The Morgan fingerprint density at radius 1 is 0.821 bits per heavy atom. The van der Waals surface area contributed by atoms with Crippen molar-refractivity contribution in [2.24, 2.45) is 0 Å². The number of hydrogen-bond donors (Lipinski definition) is 1. The van der Waals surface area contributed by atoms with E-state index in [1.54, 1.807) is 53.6 Å². The van der Waals surface area contributed by atoms with Crippen LogP contribution in [0.2, 0.25) is 0 Å². The molecular weight excluding hydrogens is 360 g/mol. The van der Waals surface area contributed by atoms with Crippen LogP contribution in [-0.2, 0) is 0 Å². The molecule has 2 aromatic carbocycles. The van der Waals surface area contributed by atoms with Gasteiger partial charge in [0.15, 0.2) is 23.0 Å². The van der Waals surface area contributed by atoms with E-state index >= 15 is 0 Å². The van der Waals surface area contributed by atoms with Gasteiger partial charge in [-0.1, -0.05) is 18.2 Å². The summed E-state index contributed by atoms with van der Waals surface area (Å²) in [4.78, 5) is 0. The molecule has 0 unspecified atom stereocenters. The highest BCUT2D eigenvalue weighted by atomic mass is 16.5. The van der Waals surface area contributed by atoms with Gasteiger partial charge in [-0.25, -0.2) is 0 Å². The molecule has 0 heterocycles. The molecule has 0 aliphatic rings. The number of aliphatic hydroxyl groups is 1. The van der Waals surface area contributed by atoms with Crippen molar-refractivity contribution in [1.29, 1.82) is 0 Å². The number of rotatable bonds is 9. The maximum absolute atomic E-state index is 10.8. The quantitative estimate of drug-likeness (QED) is 0.693. The topological polar surface area (TPSA) is 66.4 Å². The van der Waals surface area contributed by atoms with Gasteiger partial charge in [-0.05, 0) is 49.2 Å². The second kappa shape index (κ2) is 9.90. The lowest BCUT2D eigenvalue weighted by molar-refractivity contribution is 0.0433. The van der Waals surface area contributed by atoms with Crippen molar-refractivity contribution >= 4 is 6.08 Å². The van der Waals surface area contributed by atoms with E-state index in [9.17, 15) is 5.11 Å². The molecular formula is C22H28O6. The minimum absolute atomic E-state index is 0.435. The molecule has 0 saturated heterocycles. The molecule has 0 radical (unpaired) electrons. The first-order chi connectivity index (χ1) is 13.5. The molecule has 2 rings (SSSR count). The first-order valence-corrected chi connectivity index (χ1v) is 8.94. The second-order valence-corrected chi connectivity index (χ2v) is 6.14. The van der Waals surface area contributed by atoms with Crippen LogP contribution in [0.15, 0.2) is 36.4 Å². The third-order valence-electron chi connectivity index (χ3n) is 4.34. The lowest BCUT2D eigenvalue weighted by Gasteiger charge is -2.24. The number of allylic oxidation sites excluding steroid dienone is 1. The molecule has 0 aliphatic heterocycles. The Morgan fingerprint density at radius 3 is 1.89 bits per heavy atom. The summed E-state index contributed by atoms with van der Waals surface area (Å²) in [5.41, 5.74) is 1.57. The number of ether oxygens (including phenoxy) is 5. The van der Waals surface area contributed by atoms with Gasteiger partial charge in [0.1, 0.15) is 12.2 Å². The van der Waals surface area contributed by atoms with Crippen LogP contribution in [0.4, 0.5) is 0 Å². The molecule has 0 fully saturated rings. The second-order valence-electron chi connectivity index (χ2n) is 6.14. The average Bonchev–Trinajstić information content (AvgIpc) is 2.73. The summed E-state index contributed by atoms with van der Waals surface area (Å²) in [6, 6.07) is 8.96. The van der Waals surface area contributed by atoms with Gasteiger partial charge in [0.25, 0.3) is 0 Å². The van der Waals surface area contributed by atoms with Crippen LogP contribution in [0.3, 0.4) is 0 Å². The molecule has 6 heteroatoms. The molecule has 2 aromatic rings. The Balaban J connectivity index is 2.32. The lowest BCUT2D eigenvalue weighted by Crippen LogP contribution is -2.22. The highest BCUT2D eigenvalue weighted by molar-refractivity contribution is 5.62. The Morgan fingerprint density at radius 2 is 1.39 bits per heavy atom. The monoisotopic (exact) mass is 388 g/mol. The van der Waals surface area contributed by atoms with Crippen molar-refractivity contribution in [3.8, 4) is 28.7 Å². The third kappa shape index (κ3) is 4.70. The Bertz CT molecular complexity index is 790. The number of hydrogen-bond acceptors (Lipinski definition) is 6. The number of aliphatic hydroxyl groups excluding tert-OH is 1. The standard InChI is InChI=1S/C22H28O6/c1-7-8-15-11-19(26-5)22(20(12-15)27-6)28-14(2)21(23)16-9-10-17(24-3)18(13-16)25-4/h7-14,21,23H,1-6H3/b8-7+/t14-,21+/m1/s1. The first kappa shape index (κ1) is 21.4. The zero-order valence-electron chi connectivity index (χ0n) is 17.2. The average molecular weight is 388 g/mol. The van der Waals surface area contributed by atoms with E-state index in [1.165, 1.54) is 0 Å². The summed E-state index contributed by atoms with van der Waals surface area (Å²) in [6.45, 7) is 3.71. The molecule has 152 valence electrons. The van der Waals surface area contributed by atoms with Gasteiger partial charge in [-0.3, -0.25) is 0 Å². The van der Waals surface area contributed by atoms with Crippen molar-refractivity contribution in [1.82, 2.24) is 0 Å². The van der Waals surface area contributed by atoms with E-state index in [-0.39, 0.29) is 0 Å². The highest BCUT2D eigenvalue weighted by Gasteiger charge is 2.23. The summed E-state index contributed by atoms with van der Waals surface area (Å²) in [5, 5.41) is 10.8. The van der Waals surface area contributed by atoms with Crippen molar-refractivity contribution in [2.45, 2.75) is 26.1 Å². The molecule has 1 N–H and O–H groups in total. The molecule has 0 saturated carbocycles. The predicted octanol–water partition coefficient (Wildman–Crippen LogP) is 4.26. The third-order valence-corrected chi connectivity index (χ3v) is 4.34. The molecule has 0 amide bonds. The van der Waals surface area contributed by atoms with Crippen LogP contribution in [0.1, 0.15) is 31.1 Å². The zero-order chi connectivity index (χ0) is 20.7. The van der Waals surface area contributed by atoms with Crippen LogP contribution >= 0.6 is 0 Å². The fourth-order valence-corrected chi connectivity index (χ4v) is 2.86. The number of benzene rings is 2. The molecule has 0 spiro atoms. The fraction of sp³-hybridized carbons (Fsp3) is 0.364. The lowest BCUT2D eigenvalue weighted by atomic mass is 10.0. The molecule has 0 aliphatic carbocycles. The predicted molar refractivity (Wildman–Crippen MR) is 109 cm³/mol. The largest absolute Gasteiger partial charge is 0.493 e. The van der Waals surface area contributed by atoms with E-state index in [1.807, 2.05) is 31.2 Å². The van der Waals surface area contributed by atoms with Gasteiger partial charge >= 0.3 is 0 Å². The Labute approximate surface area is 166 Å². The van der Waals surface area contributed by atoms with E-state index in [2.05, 4.69) is 0 Å². The summed E-state index contributed by atoms with van der Waals surface area (Å²) >= 11 is 0. The fourth-order valence-electron chi connectivity index (χ4n) is 2.86. The minimum Gasteiger partial charge on any atom is -0.493 e. The van der Waals surface area contributed by atoms with Crippen molar-refractivity contribution < 1.29 is 28.8 Å². The molecule has 2 atom stereocenters. The van der Waals surface area contributed by atoms with Crippen LogP contribution in [-0.4, -0.2) is 39.6 Å². The van der Waals surface area contributed by atoms with Crippen molar-refractivity contribution in [3.63, 3.8) is 0 Å². The molecule has 0 aromatic heterocycles. The first-order valence-electron chi connectivity index (χ1n) is 8.94. The molecule has 6 nitrogen and oxygen atoms in total. The van der Waals surface area contributed by atoms with Crippen molar-refractivity contribution in [3.05, 3.63) is 47.5 Å². The van der Waals surface area contributed by atoms with Crippen LogP contribution < -0.4 is 23.7 Å². The SMILES string of the molecule is C/C=C/c1cc(OC)c(O[C@H](C)[C@H](O)c2ccc(OC)c(OC)c2)c(OC)c1. The maximum Gasteiger partial charge on any atom is 0.203 e. The summed E-state index contributed by atoms with van der Waals surface area (Å²) in [6.07, 6.45) is 2.40. The highest BCUT2D eigenvalue weighted by Crippen LogP contribution is 2.41. The van der Waals surface area contributed by atoms with Crippen LogP contribution in [0.25, 0.3) is 6.08 Å². The number of methoxy groups -OCH3 is 4. The minimum atomic E-state index is -0.899. The van der Waals surface area contributed by atoms with Crippen LogP contribution in [0, 0.1) is 0 Å². The van der Waals surface area contributed by atoms with E-state index in [0.717, 1.165) is 5.56 Å². The van der Waals surface area contributed by atoms with Gasteiger partial charge < -0.3 is 28.8 Å². The van der Waals surface area contributed by atoms with Crippen LogP contribution in [0.5, 0.6) is 28.7 Å². The summed E-state index contributed by atoms with van der Waals surface area (Å²) in [7, 11) is 6.25. The van der Waals surface area contributed by atoms with E-state index in [4.69, 9.17) is 23.7 Å². The normalized spacial score (nSPS) is 13.1. The van der Waals surface area contributed by atoms with Gasteiger partial charge in [0.2, 0.25) is 5.75 Å². The summed E-state index contributed by atoms with van der Waals surface area (Å²) < 4.78 is 27.5. The van der Waals surface area contributed by atoms with Gasteiger partial charge in [-0.15, -0.1) is 0 Å².